The highest BCUT2D eigenvalue weighted by molar-refractivity contribution is 9.11. The Labute approximate surface area is 286 Å². The molecule has 1 N–H and O–H groups in total. The molecule has 49 heavy (non-hydrogen) atoms. The van der Waals surface area contributed by atoms with Crippen molar-refractivity contribution in [3.05, 3.63) is 80.6 Å². The number of hydrogen-bond acceptors (Lipinski definition) is 8. The first-order valence-corrected chi connectivity index (χ1v) is 15.7. The van der Waals surface area contributed by atoms with Crippen LogP contribution in [0.5, 0.6) is 0 Å². The van der Waals surface area contributed by atoms with Crippen molar-refractivity contribution in [2.75, 3.05) is 13.1 Å². The lowest BCUT2D eigenvalue weighted by atomic mass is 10.1. The molecule has 0 spiro atoms. The first kappa shape index (κ1) is 34.2. The quantitative estimate of drug-likeness (QED) is 0.176. The second-order valence-electron chi connectivity index (χ2n) is 10.5. The Morgan fingerprint density at radius 1 is 0.735 bits per heavy atom. The van der Waals surface area contributed by atoms with Crippen LogP contribution < -0.4 is 0 Å². The molecule has 1 amide bonds. The Morgan fingerprint density at radius 2 is 1.18 bits per heavy atom. The summed E-state index contributed by atoms with van der Waals surface area (Å²) in [5, 5.41) is 16.4. The third-order valence-electron chi connectivity index (χ3n) is 7.24. The average molecular weight is 819 g/mol. The van der Waals surface area contributed by atoms with Crippen molar-refractivity contribution in [2.45, 2.75) is 31.6 Å². The van der Waals surface area contributed by atoms with E-state index in [4.69, 9.17) is 13.9 Å². The number of aromatic carboxylic acids is 1. The Kier molecular flexibility index (Phi) is 9.03. The van der Waals surface area contributed by atoms with E-state index in [-0.39, 0.29) is 48.8 Å². The van der Waals surface area contributed by atoms with Crippen LogP contribution in [0.25, 0.3) is 34.2 Å². The van der Waals surface area contributed by atoms with Crippen molar-refractivity contribution in [2.24, 2.45) is 0 Å². The summed E-state index contributed by atoms with van der Waals surface area (Å²) in [4.78, 5) is 33.6. The van der Waals surface area contributed by atoms with Gasteiger partial charge in [0.1, 0.15) is 11.4 Å². The van der Waals surface area contributed by atoms with Gasteiger partial charge >= 0.3 is 18.3 Å². The second kappa shape index (κ2) is 13.0. The number of fused-ring (bicyclic) bond motifs is 2. The lowest BCUT2D eigenvalue weighted by Gasteiger charge is -2.25. The summed E-state index contributed by atoms with van der Waals surface area (Å²) >= 11 is 6.15. The van der Waals surface area contributed by atoms with Gasteiger partial charge in [-0.15, -0.1) is 0 Å². The van der Waals surface area contributed by atoms with Crippen molar-refractivity contribution >= 4 is 55.0 Å². The third kappa shape index (κ3) is 6.65. The first-order chi connectivity index (χ1) is 23.1. The van der Waals surface area contributed by atoms with E-state index >= 15 is 0 Å². The lowest BCUT2D eigenvalue weighted by molar-refractivity contribution is -0.143. The van der Waals surface area contributed by atoms with E-state index in [1.54, 1.807) is 11.0 Å². The van der Waals surface area contributed by atoms with Crippen LogP contribution in [0.2, 0.25) is 0 Å². The largest absolute Gasteiger partial charge is 0.476 e. The van der Waals surface area contributed by atoms with Crippen molar-refractivity contribution in [1.82, 2.24) is 34.1 Å². The molecule has 1 aliphatic heterocycles. The number of nitrogens with zero attached hydrogens (tertiary/aromatic N) is 7. The van der Waals surface area contributed by atoms with Gasteiger partial charge in [-0.25, -0.2) is 23.8 Å². The normalized spacial score (nSPS) is 13.9. The standard InChI is InChI=1S/C17H14BrF3N4O2.C12H5BrF3N3O3/c18-13-14(16(26)24-6-2-1-3-7-24)23-25-12(17(19,20)21)9-10(22-15(13)25)11-5-4-8-27-11;13-8-9(11(20)21)18-19-7(12(14,15)16)4-5(17-10(8)19)6-2-1-3-22-6/h4-5,8-9H,1-3,6-7H2;1-4H,(H,20,21). The maximum Gasteiger partial charge on any atom is 0.433 e. The molecule has 7 heterocycles. The van der Waals surface area contributed by atoms with Gasteiger partial charge in [-0.05, 0) is 87.5 Å². The Bertz CT molecular complexity index is 2170. The number of likely N-dealkylation sites (tertiary alicyclic amines) is 1. The zero-order valence-electron chi connectivity index (χ0n) is 24.4. The molecule has 0 unspecified atom stereocenters. The molecule has 0 saturated carbocycles. The van der Waals surface area contributed by atoms with Gasteiger partial charge in [-0.2, -0.15) is 36.5 Å². The summed E-state index contributed by atoms with van der Waals surface area (Å²) < 4.78 is 91.7. The minimum atomic E-state index is -4.75. The van der Waals surface area contributed by atoms with Crippen molar-refractivity contribution in [3.63, 3.8) is 0 Å². The number of carboxylic acids is 1. The van der Waals surface area contributed by atoms with Gasteiger partial charge in [0.2, 0.25) is 0 Å². The highest BCUT2D eigenvalue weighted by atomic mass is 79.9. The molecular weight excluding hydrogens is 800 g/mol. The Balaban J connectivity index is 0.000000174. The van der Waals surface area contributed by atoms with E-state index in [9.17, 15) is 35.9 Å². The molecule has 0 radical (unpaired) electrons. The molecule has 12 nitrogen and oxygen atoms in total. The molecule has 1 saturated heterocycles. The summed E-state index contributed by atoms with van der Waals surface area (Å²) in [6, 6.07) is 7.63. The van der Waals surface area contributed by atoms with E-state index in [2.05, 4.69) is 52.0 Å². The number of aromatic nitrogens is 6. The number of carbonyl (C=O) groups is 2. The number of carbonyl (C=O) groups excluding carboxylic acids is 1. The fraction of sp³-hybridized carbons (Fsp3) is 0.241. The van der Waals surface area contributed by atoms with Crippen LogP contribution in [0.1, 0.15) is 51.6 Å². The number of hydrogen-bond donors (Lipinski definition) is 1. The molecule has 1 aliphatic rings. The van der Waals surface area contributed by atoms with Gasteiger partial charge in [0.25, 0.3) is 5.91 Å². The Morgan fingerprint density at radius 3 is 1.59 bits per heavy atom. The van der Waals surface area contributed by atoms with Crippen LogP contribution in [-0.2, 0) is 12.4 Å². The lowest BCUT2D eigenvalue weighted by Crippen LogP contribution is -2.36. The van der Waals surface area contributed by atoms with E-state index in [0.29, 0.717) is 22.1 Å². The molecule has 0 atom stereocenters. The van der Waals surface area contributed by atoms with Gasteiger partial charge in [0, 0.05) is 13.1 Å². The van der Waals surface area contributed by atoms with E-state index in [1.807, 2.05) is 0 Å². The molecule has 1 fully saturated rings. The summed E-state index contributed by atoms with van der Waals surface area (Å²) in [5.74, 6) is -1.55. The van der Waals surface area contributed by atoms with Crippen molar-refractivity contribution < 1.29 is 49.9 Å². The fourth-order valence-electron chi connectivity index (χ4n) is 5.01. The van der Waals surface area contributed by atoms with Crippen LogP contribution >= 0.6 is 31.9 Å². The maximum atomic E-state index is 13.6. The molecule has 7 rings (SSSR count). The summed E-state index contributed by atoms with van der Waals surface area (Å²) in [7, 11) is 0. The smallest absolute Gasteiger partial charge is 0.433 e. The minimum Gasteiger partial charge on any atom is -0.476 e. The number of rotatable bonds is 4. The maximum absolute atomic E-state index is 13.6. The van der Waals surface area contributed by atoms with Crippen LogP contribution in [0.15, 0.2) is 66.7 Å². The molecule has 6 aromatic heterocycles. The molecule has 256 valence electrons. The van der Waals surface area contributed by atoms with Gasteiger partial charge in [-0.1, -0.05) is 0 Å². The van der Waals surface area contributed by atoms with E-state index in [1.165, 1.54) is 30.7 Å². The van der Waals surface area contributed by atoms with Crippen LogP contribution in [-0.4, -0.2) is 64.2 Å². The van der Waals surface area contributed by atoms with Crippen LogP contribution in [0.3, 0.4) is 0 Å². The number of piperidine rings is 1. The number of amides is 1. The number of carboxylic acid groups (broad SMARTS) is 1. The van der Waals surface area contributed by atoms with E-state index in [0.717, 1.165) is 31.4 Å². The average Bonchev–Trinajstić information content (AvgIpc) is 3.88. The summed E-state index contributed by atoms with van der Waals surface area (Å²) in [6.07, 6.45) is -4.02. The van der Waals surface area contributed by atoms with Gasteiger partial charge in [-0.3, -0.25) is 4.79 Å². The Hall–Kier alpha value is -4.72. The monoisotopic (exact) mass is 817 g/mol. The van der Waals surface area contributed by atoms with Crippen LogP contribution in [0.4, 0.5) is 26.3 Å². The zero-order chi connectivity index (χ0) is 35.2. The first-order valence-electron chi connectivity index (χ1n) is 14.1. The van der Waals surface area contributed by atoms with Gasteiger partial charge in [0.05, 0.1) is 21.5 Å². The van der Waals surface area contributed by atoms with Gasteiger partial charge < -0.3 is 18.8 Å². The topological polar surface area (TPSA) is 144 Å². The van der Waals surface area contributed by atoms with Gasteiger partial charge in [0.15, 0.2) is 45.6 Å². The molecule has 20 heteroatoms. The predicted molar refractivity (Wildman–Crippen MR) is 163 cm³/mol. The third-order valence-corrected chi connectivity index (χ3v) is 8.70. The minimum absolute atomic E-state index is 0.0115. The fourth-order valence-corrected chi connectivity index (χ4v) is 6.02. The number of halogens is 8. The zero-order valence-corrected chi connectivity index (χ0v) is 27.6. The highest BCUT2D eigenvalue weighted by Gasteiger charge is 2.38. The second-order valence-corrected chi connectivity index (χ2v) is 12.0. The SMILES string of the molecule is O=C(O)c1nn2c(C(F)(F)F)cc(-c3ccco3)nc2c1Br.O=C(c1nn2c(C(F)(F)F)cc(-c3ccco3)nc2c1Br)N1CCCCC1. The molecule has 6 aromatic rings. The highest BCUT2D eigenvalue weighted by Crippen LogP contribution is 2.36. The van der Waals surface area contributed by atoms with Crippen molar-refractivity contribution in [3.8, 4) is 22.9 Å². The van der Waals surface area contributed by atoms with E-state index < -0.39 is 41.3 Å². The number of furan rings is 2. The number of alkyl halides is 6. The molecule has 0 aliphatic carbocycles. The summed E-state index contributed by atoms with van der Waals surface area (Å²) in [6.45, 7) is 1.13. The molecular formula is C29H19Br2F6N7O5. The molecule has 0 aromatic carbocycles. The van der Waals surface area contributed by atoms with Crippen molar-refractivity contribution in [1.29, 1.82) is 0 Å². The predicted octanol–water partition coefficient (Wildman–Crippen LogP) is 7.87. The molecule has 0 bridgehead atoms. The van der Waals surface area contributed by atoms with Crippen LogP contribution in [0, 0.1) is 0 Å². The summed E-state index contributed by atoms with van der Waals surface area (Å²) in [5.41, 5.74) is -3.24.